The Morgan fingerprint density at radius 2 is 1.93 bits per heavy atom. The summed E-state index contributed by atoms with van der Waals surface area (Å²) < 4.78 is 7.73. The van der Waals surface area contributed by atoms with E-state index in [1.54, 1.807) is 19.5 Å². The Kier molecular flexibility index (Phi) is 4.63. The van der Waals surface area contributed by atoms with Crippen LogP contribution in [0.25, 0.3) is 5.69 Å². The molecular formula is C21H25N7O. The first-order valence-corrected chi connectivity index (χ1v) is 10.0. The predicted octanol–water partition coefficient (Wildman–Crippen LogP) is 2.40. The van der Waals surface area contributed by atoms with Crippen LogP contribution < -0.4 is 9.64 Å². The minimum Gasteiger partial charge on any atom is -0.497 e. The van der Waals surface area contributed by atoms with Gasteiger partial charge in [-0.25, -0.2) is 4.98 Å². The van der Waals surface area contributed by atoms with Crippen molar-refractivity contribution in [1.29, 1.82) is 0 Å². The zero-order valence-corrected chi connectivity index (χ0v) is 16.8. The maximum Gasteiger partial charge on any atom is 0.151 e. The molecule has 8 nitrogen and oxygen atoms in total. The molecule has 2 aliphatic heterocycles. The standard InChI is InChI=1S/C21H25N7O/c1-26-13-16-11-17(29-2)3-4-18(16)28-20(14-26)24-25-21(28)15-5-9-27(10-6-15)19-12-22-7-8-23-19/h3-4,7-8,11-12,15H,5-6,9-10,13-14H2,1-2H3. The fourth-order valence-corrected chi connectivity index (χ4v) is 4.40. The Bertz CT molecular complexity index is 996. The van der Waals surface area contributed by atoms with Crippen molar-refractivity contribution in [3.63, 3.8) is 0 Å². The molecule has 2 aliphatic rings. The fourth-order valence-electron chi connectivity index (χ4n) is 4.40. The van der Waals surface area contributed by atoms with Gasteiger partial charge in [0.2, 0.25) is 0 Å². The van der Waals surface area contributed by atoms with Gasteiger partial charge in [0, 0.05) is 37.9 Å². The van der Waals surface area contributed by atoms with Crippen molar-refractivity contribution in [1.82, 2.24) is 29.6 Å². The van der Waals surface area contributed by atoms with Crippen LogP contribution in [0.3, 0.4) is 0 Å². The van der Waals surface area contributed by atoms with E-state index in [4.69, 9.17) is 4.74 Å². The molecule has 1 fully saturated rings. The quantitative estimate of drug-likeness (QED) is 0.679. The van der Waals surface area contributed by atoms with Crippen LogP contribution in [-0.4, -0.2) is 56.9 Å². The van der Waals surface area contributed by atoms with Crippen LogP contribution in [0, 0.1) is 0 Å². The number of anilines is 1. The third-order valence-electron chi connectivity index (χ3n) is 5.87. The van der Waals surface area contributed by atoms with Crippen molar-refractivity contribution in [3.05, 3.63) is 54.0 Å². The summed E-state index contributed by atoms with van der Waals surface area (Å²) in [6.45, 7) is 3.53. The van der Waals surface area contributed by atoms with Crippen LogP contribution in [-0.2, 0) is 13.1 Å². The summed E-state index contributed by atoms with van der Waals surface area (Å²) in [7, 11) is 3.83. The van der Waals surface area contributed by atoms with Crippen molar-refractivity contribution in [2.75, 3.05) is 32.1 Å². The number of hydrogen-bond acceptors (Lipinski definition) is 7. The molecule has 150 valence electrons. The van der Waals surface area contributed by atoms with Gasteiger partial charge in [0.1, 0.15) is 17.4 Å². The highest BCUT2D eigenvalue weighted by atomic mass is 16.5. The fraction of sp³-hybridized carbons (Fsp3) is 0.429. The molecule has 0 saturated carbocycles. The lowest BCUT2D eigenvalue weighted by Gasteiger charge is -2.32. The Balaban J connectivity index is 1.45. The largest absolute Gasteiger partial charge is 0.497 e. The van der Waals surface area contributed by atoms with Crippen molar-refractivity contribution in [2.24, 2.45) is 0 Å². The molecule has 0 unspecified atom stereocenters. The van der Waals surface area contributed by atoms with E-state index >= 15 is 0 Å². The first kappa shape index (κ1) is 18.1. The third-order valence-corrected chi connectivity index (χ3v) is 5.87. The van der Waals surface area contributed by atoms with E-state index in [9.17, 15) is 0 Å². The Morgan fingerprint density at radius 3 is 2.69 bits per heavy atom. The number of methoxy groups -OCH3 is 1. The number of aromatic nitrogens is 5. The van der Waals surface area contributed by atoms with Crippen LogP contribution in [0.15, 0.2) is 36.8 Å². The smallest absolute Gasteiger partial charge is 0.151 e. The number of fused-ring (bicyclic) bond motifs is 3. The highest BCUT2D eigenvalue weighted by molar-refractivity contribution is 5.48. The second-order valence-electron chi connectivity index (χ2n) is 7.80. The molecule has 4 heterocycles. The monoisotopic (exact) mass is 391 g/mol. The van der Waals surface area contributed by atoms with Crippen LogP contribution in [0.1, 0.15) is 36.0 Å². The number of nitrogens with zero attached hydrogens (tertiary/aromatic N) is 7. The topological polar surface area (TPSA) is 72.2 Å². The summed E-state index contributed by atoms with van der Waals surface area (Å²) in [5.41, 5.74) is 2.41. The lowest BCUT2D eigenvalue weighted by molar-refractivity contribution is 0.314. The van der Waals surface area contributed by atoms with Crippen LogP contribution in [0.5, 0.6) is 5.75 Å². The molecule has 0 radical (unpaired) electrons. The van der Waals surface area contributed by atoms with Crippen molar-refractivity contribution in [2.45, 2.75) is 31.8 Å². The van der Waals surface area contributed by atoms with E-state index < -0.39 is 0 Å². The minimum atomic E-state index is 0.377. The molecule has 0 atom stereocenters. The molecule has 1 saturated heterocycles. The Morgan fingerprint density at radius 1 is 1.07 bits per heavy atom. The SMILES string of the molecule is COc1ccc2c(c1)CN(C)Cc1nnc(C3CCN(c4cnccn4)CC3)n1-2. The van der Waals surface area contributed by atoms with Gasteiger partial charge in [0.15, 0.2) is 5.82 Å². The molecule has 0 bridgehead atoms. The molecule has 2 aromatic heterocycles. The third kappa shape index (κ3) is 3.33. The van der Waals surface area contributed by atoms with E-state index in [1.165, 1.54) is 11.3 Å². The van der Waals surface area contributed by atoms with Gasteiger partial charge in [-0.3, -0.25) is 14.5 Å². The number of rotatable bonds is 3. The molecule has 0 spiro atoms. The zero-order chi connectivity index (χ0) is 19.8. The normalized spacial score (nSPS) is 17.5. The summed E-state index contributed by atoms with van der Waals surface area (Å²) in [6, 6.07) is 6.29. The molecular weight excluding hydrogens is 366 g/mol. The van der Waals surface area contributed by atoms with Crippen LogP contribution in [0.4, 0.5) is 5.82 Å². The van der Waals surface area contributed by atoms with Gasteiger partial charge in [-0.05, 0) is 43.7 Å². The van der Waals surface area contributed by atoms with E-state index in [1.807, 2.05) is 12.3 Å². The number of piperidine rings is 1. The maximum absolute atomic E-state index is 5.45. The van der Waals surface area contributed by atoms with Gasteiger partial charge in [-0.1, -0.05) is 0 Å². The van der Waals surface area contributed by atoms with Crippen molar-refractivity contribution >= 4 is 5.82 Å². The number of benzene rings is 1. The second-order valence-corrected chi connectivity index (χ2v) is 7.80. The Hall–Kier alpha value is -3.00. The highest BCUT2D eigenvalue weighted by Crippen LogP contribution is 2.34. The van der Waals surface area contributed by atoms with E-state index in [2.05, 4.69) is 53.7 Å². The van der Waals surface area contributed by atoms with E-state index in [-0.39, 0.29) is 0 Å². The Labute approximate surface area is 170 Å². The molecule has 3 aromatic rings. The van der Waals surface area contributed by atoms with E-state index in [0.29, 0.717) is 5.92 Å². The molecule has 29 heavy (non-hydrogen) atoms. The molecule has 0 amide bonds. The van der Waals surface area contributed by atoms with Gasteiger partial charge in [-0.2, -0.15) is 0 Å². The highest BCUT2D eigenvalue weighted by Gasteiger charge is 2.29. The molecule has 0 N–H and O–H groups in total. The lowest BCUT2D eigenvalue weighted by atomic mass is 9.95. The van der Waals surface area contributed by atoms with Gasteiger partial charge in [0.25, 0.3) is 0 Å². The van der Waals surface area contributed by atoms with Gasteiger partial charge < -0.3 is 9.64 Å². The van der Waals surface area contributed by atoms with Crippen molar-refractivity contribution in [3.8, 4) is 11.4 Å². The van der Waals surface area contributed by atoms with Gasteiger partial charge in [0.05, 0.1) is 25.5 Å². The molecule has 8 heteroatoms. The summed E-state index contributed by atoms with van der Waals surface area (Å²) in [5, 5.41) is 9.21. The summed E-state index contributed by atoms with van der Waals surface area (Å²) in [6.07, 6.45) is 7.35. The summed E-state index contributed by atoms with van der Waals surface area (Å²) in [4.78, 5) is 13.2. The summed E-state index contributed by atoms with van der Waals surface area (Å²) >= 11 is 0. The van der Waals surface area contributed by atoms with Gasteiger partial charge in [-0.15, -0.1) is 10.2 Å². The van der Waals surface area contributed by atoms with E-state index in [0.717, 1.165) is 62.2 Å². The van der Waals surface area contributed by atoms with Gasteiger partial charge >= 0.3 is 0 Å². The zero-order valence-electron chi connectivity index (χ0n) is 16.8. The second kappa shape index (κ2) is 7.44. The minimum absolute atomic E-state index is 0.377. The van der Waals surface area contributed by atoms with Crippen LogP contribution in [0.2, 0.25) is 0 Å². The van der Waals surface area contributed by atoms with Crippen LogP contribution >= 0.6 is 0 Å². The number of hydrogen-bond donors (Lipinski definition) is 0. The first-order valence-electron chi connectivity index (χ1n) is 10.0. The molecule has 1 aromatic carbocycles. The lowest BCUT2D eigenvalue weighted by Crippen LogP contribution is -2.34. The molecule has 5 rings (SSSR count). The summed E-state index contributed by atoms with van der Waals surface area (Å²) in [5.74, 6) is 4.28. The molecule has 0 aliphatic carbocycles. The van der Waals surface area contributed by atoms with Crippen molar-refractivity contribution < 1.29 is 4.74 Å². The maximum atomic E-state index is 5.45. The predicted molar refractivity (Wildman–Crippen MR) is 109 cm³/mol. The average molecular weight is 391 g/mol. The number of ether oxygens (including phenoxy) is 1. The average Bonchev–Trinajstić information content (AvgIpc) is 3.11. The first-order chi connectivity index (χ1) is 14.2.